The summed E-state index contributed by atoms with van der Waals surface area (Å²) in [5.41, 5.74) is -0.0224. The van der Waals surface area contributed by atoms with Crippen LogP contribution >= 0.6 is 0 Å². The lowest BCUT2D eigenvalue weighted by Gasteiger charge is -2.20. The van der Waals surface area contributed by atoms with E-state index in [4.69, 9.17) is 9.15 Å². The molecule has 8 nitrogen and oxygen atoms in total. The zero-order valence-corrected chi connectivity index (χ0v) is 13.9. The minimum Gasteiger partial charge on any atom is -0.484 e. The number of ether oxygens (including phenoxy) is 2. The van der Waals surface area contributed by atoms with Gasteiger partial charge in [0, 0.05) is 19.0 Å². The first kappa shape index (κ1) is 17.9. The highest BCUT2D eigenvalue weighted by Crippen LogP contribution is 2.22. The number of amides is 1. The topological polar surface area (TPSA) is 102 Å². The summed E-state index contributed by atoms with van der Waals surface area (Å²) in [6.07, 6.45) is 0.433. The van der Waals surface area contributed by atoms with Crippen LogP contribution in [0.15, 0.2) is 34.9 Å². The Labute approximate surface area is 148 Å². The lowest BCUT2D eigenvalue weighted by Crippen LogP contribution is -2.41. The molecule has 0 bridgehead atoms. The van der Waals surface area contributed by atoms with Gasteiger partial charge in [0.2, 0.25) is 5.89 Å². The number of nitrogens with zero attached hydrogens (tertiary/aromatic N) is 2. The van der Waals surface area contributed by atoms with E-state index in [9.17, 15) is 19.1 Å². The molecule has 138 valence electrons. The van der Waals surface area contributed by atoms with E-state index < -0.39 is 29.8 Å². The molecule has 1 amide bonds. The number of halogens is 1. The van der Waals surface area contributed by atoms with Crippen LogP contribution in [-0.4, -0.2) is 52.7 Å². The molecule has 0 unspecified atom stereocenters. The number of benzene rings is 1. The SMILES string of the molecule is COC(=O)[C@@H]1C[C@@H](O)CN1C(=O)c1coc(COc2cccc(F)c2)n1. The highest BCUT2D eigenvalue weighted by atomic mass is 19.1. The van der Waals surface area contributed by atoms with Crippen LogP contribution in [0.1, 0.15) is 22.8 Å². The van der Waals surface area contributed by atoms with Crippen LogP contribution in [0.5, 0.6) is 5.75 Å². The molecule has 1 fully saturated rings. The third kappa shape index (κ3) is 3.83. The minimum atomic E-state index is -0.869. The molecule has 0 radical (unpaired) electrons. The molecule has 1 saturated heterocycles. The Morgan fingerprint density at radius 3 is 3.00 bits per heavy atom. The fourth-order valence-corrected chi connectivity index (χ4v) is 2.72. The number of carbonyl (C=O) groups excluding carboxylic acids is 2. The maximum atomic E-state index is 13.1. The van der Waals surface area contributed by atoms with E-state index in [0.717, 1.165) is 6.26 Å². The molecule has 2 atom stereocenters. The van der Waals surface area contributed by atoms with Crippen LogP contribution in [0, 0.1) is 5.82 Å². The number of carbonyl (C=O) groups is 2. The zero-order chi connectivity index (χ0) is 18.7. The van der Waals surface area contributed by atoms with Crippen molar-refractivity contribution in [2.24, 2.45) is 0 Å². The van der Waals surface area contributed by atoms with Gasteiger partial charge in [0.15, 0.2) is 12.3 Å². The summed E-state index contributed by atoms with van der Waals surface area (Å²) >= 11 is 0. The Balaban J connectivity index is 1.66. The Hall–Kier alpha value is -2.94. The predicted molar refractivity (Wildman–Crippen MR) is 84.7 cm³/mol. The number of likely N-dealkylation sites (tertiary alicyclic amines) is 1. The van der Waals surface area contributed by atoms with Crippen molar-refractivity contribution in [2.45, 2.75) is 25.2 Å². The van der Waals surface area contributed by atoms with Gasteiger partial charge < -0.3 is 23.9 Å². The largest absolute Gasteiger partial charge is 0.484 e. The van der Waals surface area contributed by atoms with Crippen LogP contribution in [0.2, 0.25) is 0 Å². The van der Waals surface area contributed by atoms with Crippen molar-refractivity contribution in [2.75, 3.05) is 13.7 Å². The molecule has 9 heteroatoms. The fraction of sp³-hybridized carbons (Fsp3) is 0.353. The summed E-state index contributed by atoms with van der Waals surface area (Å²) in [5, 5.41) is 9.75. The van der Waals surface area contributed by atoms with Crippen molar-refractivity contribution >= 4 is 11.9 Å². The van der Waals surface area contributed by atoms with E-state index in [0.29, 0.717) is 5.75 Å². The maximum absolute atomic E-state index is 13.1. The van der Waals surface area contributed by atoms with E-state index >= 15 is 0 Å². The Morgan fingerprint density at radius 1 is 1.46 bits per heavy atom. The molecule has 0 saturated carbocycles. The Morgan fingerprint density at radius 2 is 2.27 bits per heavy atom. The van der Waals surface area contributed by atoms with Crippen LogP contribution in [0.4, 0.5) is 4.39 Å². The van der Waals surface area contributed by atoms with E-state index in [2.05, 4.69) is 9.72 Å². The van der Waals surface area contributed by atoms with Crippen LogP contribution in [0.3, 0.4) is 0 Å². The van der Waals surface area contributed by atoms with Gasteiger partial charge in [-0.05, 0) is 12.1 Å². The summed E-state index contributed by atoms with van der Waals surface area (Å²) in [7, 11) is 1.22. The first-order valence-electron chi connectivity index (χ1n) is 7.87. The summed E-state index contributed by atoms with van der Waals surface area (Å²) in [6.45, 7) is -0.0969. The van der Waals surface area contributed by atoms with E-state index in [1.54, 1.807) is 6.07 Å². The number of rotatable bonds is 5. The Bertz CT molecular complexity index is 808. The van der Waals surface area contributed by atoms with Gasteiger partial charge in [0.05, 0.1) is 13.2 Å². The monoisotopic (exact) mass is 364 g/mol. The molecule has 2 heterocycles. The van der Waals surface area contributed by atoms with Crippen molar-refractivity contribution in [3.63, 3.8) is 0 Å². The smallest absolute Gasteiger partial charge is 0.328 e. The van der Waals surface area contributed by atoms with Crippen LogP contribution < -0.4 is 4.74 Å². The van der Waals surface area contributed by atoms with Crippen molar-refractivity contribution in [1.82, 2.24) is 9.88 Å². The molecule has 2 aromatic rings. The fourth-order valence-electron chi connectivity index (χ4n) is 2.72. The number of hydrogen-bond acceptors (Lipinski definition) is 7. The maximum Gasteiger partial charge on any atom is 0.328 e. The van der Waals surface area contributed by atoms with Crippen LogP contribution in [-0.2, 0) is 16.1 Å². The van der Waals surface area contributed by atoms with Crippen molar-refractivity contribution in [3.8, 4) is 5.75 Å². The van der Waals surface area contributed by atoms with E-state index in [1.165, 1.54) is 30.2 Å². The number of β-amino-alcohol motifs (C(OH)–C–C–N with tert-alkyl or cyclic N) is 1. The van der Waals surface area contributed by atoms with Crippen molar-refractivity contribution in [1.29, 1.82) is 0 Å². The van der Waals surface area contributed by atoms with Gasteiger partial charge in [-0.25, -0.2) is 14.2 Å². The summed E-state index contributed by atoms with van der Waals surface area (Å²) in [4.78, 5) is 29.6. The highest BCUT2D eigenvalue weighted by molar-refractivity contribution is 5.95. The second-order valence-electron chi connectivity index (χ2n) is 5.76. The average molecular weight is 364 g/mol. The summed E-state index contributed by atoms with van der Waals surface area (Å²) in [6, 6.07) is 4.70. The molecule has 3 rings (SSSR count). The number of aliphatic hydroxyl groups excluding tert-OH is 1. The lowest BCUT2D eigenvalue weighted by molar-refractivity contribution is -0.145. The number of aromatic nitrogens is 1. The molecule has 1 aromatic carbocycles. The molecular formula is C17H17FN2O6. The zero-order valence-electron chi connectivity index (χ0n) is 13.9. The minimum absolute atomic E-state index is 0.000581. The molecule has 0 aliphatic carbocycles. The standard InChI is InChI=1S/C17H17FN2O6/c1-24-17(23)14-6-11(21)7-20(14)16(22)13-8-26-15(19-13)9-25-12-4-2-3-10(18)5-12/h2-5,8,11,14,21H,6-7,9H2,1H3/t11-,14+/m1/s1. The summed E-state index contributed by atoms with van der Waals surface area (Å²) in [5.74, 6) is -1.19. The Kier molecular flexibility index (Phi) is 5.17. The molecule has 1 N–H and O–H groups in total. The molecule has 1 aliphatic rings. The van der Waals surface area contributed by atoms with Gasteiger partial charge in [-0.2, -0.15) is 0 Å². The van der Waals surface area contributed by atoms with Crippen LogP contribution in [0.25, 0.3) is 0 Å². The second kappa shape index (κ2) is 7.52. The predicted octanol–water partition coefficient (Wildman–Crippen LogP) is 1.14. The van der Waals surface area contributed by atoms with E-state index in [-0.39, 0.29) is 31.2 Å². The molecular weight excluding hydrogens is 347 g/mol. The number of esters is 1. The van der Waals surface area contributed by atoms with Gasteiger partial charge in [-0.1, -0.05) is 6.07 Å². The van der Waals surface area contributed by atoms with Crippen molar-refractivity contribution < 1.29 is 33.0 Å². The number of oxazole rings is 1. The third-order valence-electron chi connectivity index (χ3n) is 3.94. The number of hydrogen-bond donors (Lipinski definition) is 1. The van der Waals surface area contributed by atoms with Gasteiger partial charge in [0.1, 0.15) is 23.9 Å². The second-order valence-corrected chi connectivity index (χ2v) is 5.76. The molecule has 26 heavy (non-hydrogen) atoms. The normalized spacial score (nSPS) is 19.4. The quantitative estimate of drug-likeness (QED) is 0.794. The third-order valence-corrected chi connectivity index (χ3v) is 3.94. The first-order valence-corrected chi connectivity index (χ1v) is 7.87. The first-order chi connectivity index (χ1) is 12.5. The highest BCUT2D eigenvalue weighted by Gasteiger charge is 2.40. The van der Waals surface area contributed by atoms with Gasteiger partial charge in [0.25, 0.3) is 5.91 Å². The van der Waals surface area contributed by atoms with E-state index in [1.807, 2.05) is 0 Å². The summed E-state index contributed by atoms with van der Waals surface area (Å²) < 4.78 is 28.3. The molecule has 1 aromatic heterocycles. The number of methoxy groups -OCH3 is 1. The lowest BCUT2D eigenvalue weighted by atomic mass is 10.2. The number of aliphatic hydroxyl groups is 1. The molecule has 0 spiro atoms. The van der Waals surface area contributed by atoms with Gasteiger partial charge in [-0.15, -0.1) is 0 Å². The van der Waals surface area contributed by atoms with Crippen molar-refractivity contribution in [3.05, 3.63) is 47.9 Å². The average Bonchev–Trinajstić information content (AvgIpc) is 3.25. The molecule has 1 aliphatic heterocycles. The van der Waals surface area contributed by atoms with Gasteiger partial charge in [-0.3, -0.25) is 4.79 Å². The van der Waals surface area contributed by atoms with Gasteiger partial charge >= 0.3 is 5.97 Å².